The molecule has 4 atom stereocenters. The first kappa shape index (κ1) is 13.7. The van der Waals surface area contributed by atoms with Gasteiger partial charge in [0.25, 0.3) is 5.69 Å². The fourth-order valence-corrected chi connectivity index (χ4v) is 5.79. The van der Waals surface area contributed by atoms with Crippen LogP contribution in [0.2, 0.25) is 0 Å². The number of rotatable bonds is 3. The van der Waals surface area contributed by atoms with Gasteiger partial charge in [0.05, 0.1) is 10.3 Å². The number of non-ortho nitro benzene ring substituents is 1. The summed E-state index contributed by atoms with van der Waals surface area (Å²) in [6.07, 6.45) is 5.55. The molecule has 4 aliphatic rings. The number of hydrogen-bond acceptors (Lipinski definition) is 3. The lowest BCUT2D eigenvalue weighted by molar-refractivity contribution is -0.384. The molecule has 0 aromatic heterocycles. The van der Waals surface area contributed by atoms with Crippen molar-refractivity contribution in [3.05, 3.63) is 39.9 Å². The van der Waals surface area contributed by atoms with Crippen molar-refractivity contribution in [3.63, 3.8) is 0 Å². The van der Waals surface area contributed by atoms with Crippen LogP contribution in [0.15, 0.2) is 24.3 Å². The molecule has 0 amide bonds. The van der Waals surface area contributed by atoms with E-state index in [0.29, 0.717) is 18.3 Å². The number of nitro benzene ring substituents is 1. The van der Waals surface area contributed by atoms with Crippen LogP contribution in [-0.4, -0.2) is 16.0 Å². The predicted octanol–water partition coefficient (Wildman–Crippen LogP) is 3.52. The molecular weight excluding hydrogens is 282 g/mol. The second kappa shape index (κ2) is 4.31. The second-order valence-corrected chi connectivity index (χ2v) is 7.63. The molecule has 0 aliphatic heterocycles. The van der Waals surface area contributed by atoms with Crippen LogP contribution in [0.4, 0.5) is 5.69 Å². The number of carboxylic acid groups (broad SMARTS) is 1. The summed E-state index contributed by atoms with van der Waals surface area (Å²) in [5.74, 6) is 0.341. The smallest absolute Gasteiger partial charge is 0.309 e. The summed E-state index contributed by atoms with van der Waals surface area (Å²) < 4.78 is 0. The molecule has 4 fully saturated rings. The molecule has 5 rings (SSSR count). The Labute approximate surface area is 128 Å². The molecule has 0 spiro atoms. The fourth-order valence-electron chi connectivity index (χ4n) is 5.79. The van der Waals surface area contributed by atoms with Crippen molar-refractivity contribution in [1.29, 1.82) is 0 Å². The lowest BCUT2D eigenvalue weighted by Gasteiger charge is -2.60. The highest BCUT2D eigenvalue weighted by molar-refractivity contribution is 5.76. The average molecular weight is 301 g/mol. The maximum absolute atomic E-state index is 11.9. The summed E-state index contributed by atoms with van der Waals surface area (Å²) in [6.45, 7) is 0. The monoisotopic (exact) mass is 301 g/mol. The Bertz CT molecular complexity index is 637. The van der Waals surface area contributed by atoms with Crippen LogP contribution in [0.25, 0.3) is 0 Å². The van der Waals surface area contributed by atoms with Gasteiger partial charge in [-0.3, -0.25) is 14.9 Å². The number of carboxylic acids is 1. The molecule has 4 bridgehead atoms. The lowest BCUT2D eigenvalue weighted by Crippen LogP contribution is -2.56. The van der Waals surface area contributed by atoms with E-state index in [1.807, 2.05) is 12.1 Å². The maximum atomic E-state index is 11.9. The highest BCUT2D eigenvalue weighted by Crippen LogP contribution is 2.65. The zero-order chi connectivity index (χ0) is 15.5. The molecule has 22 heavy (non-hydrogen) atoms. The molecule has 1 N–H and O–H groups in total. The number of hydrogen-bond donors (Lipinski definition) is 1. The Kier molecular flexibility index (Phi) is 2.69. The Morgan fingerprint density at radius 2 is 1.73 bits per heavy atom. The van der Waals surface area contributed by atoms with Gasteiger partial charge in [-0.15, -0.1) is 0 Å². The van der Waals surface area contributed by atoms with Crippen molar-refractivity contribution in [2.75, 3.05) is 0 Å². The van der Waals surface area contributed by atoms with Gasteiger partial charge in [-0.05, 0) is 61.3 Å². The van der Waals surface area contributed by atoms with Crippen LogP contribution in [0.5, 0.6) is 0 Å². The van der Waals surface area contributed by atoms with Gasteiger partial charge in [0, 0.05) is 12.1 Å². The minimum Gasteiger partial charge on any atom is -0.481 e. The highest BCUT2D eigenvalue weighted by Gasteiger charge is 2.61. The zero-order valence-electron chi connectivity index (χ0n) is 12.3. The van der Waals surface area contributed by atoms with E-state index < -0.39 is 11.4 Å². The van der Waals surface area contributed by atoms with Gasteiger partial charge < -0.3 is 5.11 Å². The van der Waals surface area contributed by atoms with Crippen molar-refractivity contribution >= 4 is 11.7 Å². The van der Waals surface area contributed by atoms with Crippen molar-refractivity contribution in [1.82, 2.24) is 0 Å². The van der Waals surface area contributed by atoms with Crippen molar-refractivity contribution < 1.29 is 14.8 Å². The molecule has 1 aromatic rings. The minimum atomic E-state index is -0.645. The lowest BCUT2D eigenvalue weighted by atomic mass is 9.43. The van der Waals surface area contributed by atoms with Gasteiger partial charge in [-0.25, -0.2) is 0 Å². The number of nitrogens with zero attached hydrogens (tertiary/aromatic N) is 1. The van der Waals surface area contributed by atoms with E-state index in [9.17, 15) is 20.0 Å². The molecule has 4 saturated carbocycles. The Balaban J connectivity index is 1.74. The first-order chi connectivity index (χ1) is 10.4. The Morgan fingerprint density at radius 3 is 2.23 bits per heavy atom. The van der Waals surface area contributed by atoms with E-state index in [0.717, 1.165) is 37.7 Å². The van der Waals surface area contributed by atoms with Crippen LogP contribution >= 0.6 is 0 Å². The average Bonchev–Trinajstić information content (AvgIpc) is 2.46. The summed E-state index contributed by atoms with van der Waals surface area (Å²) in [4.78, 5) is 22.3. The van der Waals surface area contributed by atoms with Gasteiger partial charge in [0.2, 0.25) is 0 Å². The largest absolute Gasteiger partial charge is 0.481 e. The minimum absolute atomic E-state index is 0.0857. The second-order valence-electron chi connectivity index (χ2n) is 7.63. The summed E-state index contributed by atoms with van der Waals surface area (Å²) in [5.41, 5.74) is 0.544. The van der Waals surface area contributed by atoms with Crippen LogP contribution < -0.4 is 0 Å². The standard InChI is InChI=1S/C17H19NO4/c19-15(20)17-8-11-5-12(9-17)7-16(6-11,10-17)13-1-3-14(4-2-13)18(21)22/h1-4,11-12H,5-10H2,(H,19,20)/t11-,12+,16?,17?. The highest BCUT2D eigenvalue weighted by atomic mass is 16.6. The summed E-state index contributed by atoms with van der Waals surface area (Å²) in [5, 5.41) is 20.6. The molecule has 0 saturated heterocycles. The van der Waals surface area contributed by atoms with E-state index in [1.54, 1.807) is 12.1 Å². The van der Waals surface area contributed by atoms with Gasteiger partial charge >= 0.3 is 5.97 Å². The molecule has 5 heteroatoms. The van der Waals surface area contributed by atoms with Crippen LogP contribution in [-0.2, 0) is 10.2 Å². The van der Waals surface area contributed by atoms with E-state index in [2.05, 4.69) is 0 Å². The number of nitro groups is 1. The maximum Gasteiger partial charge on any atom is 0.309 e. The molecule has 2 unspecified atom stereocenters. The molecular formula is C17H19NO4. The normalized spacial score (nSPS) is 38.9. The molecule has 5 nitrogen and oxygen atoms in total. The third kappa shape index (κ3) is 1.81. The zero-order valence-corrected chi connectivity index (χ0v) is 12.3. The summed E-state index contributed by atoms with van der Waals surface area (Å²) in [6, 6.07) is 6.81. The van der Waals surface area contributed by atoms with Gasteiger partial charge in [-0.2, -0.15) is 0 Å². The third-order valence-corrected chi connectivity index (χ3v) is 6.21. The van der Waals surface area contributed by atoms with Crippen molar-refractivity contribution in [2.45, 2.75) is 43.9 Å². The van der Waals surface area contributed by atoms with Crippen molar-refractivity contribution in [3.8, 4) is 0 Å². The number of aliphatic carboxylic acids is 1. The molecule has 116 valence electrons. The van der Waals surface area contributed by atoms with E-state index in [-0.39, 0.29) is 16.0 Å². The molecule has 0 radical (unpaired) electrons. The third-order valence-electron chi connectivity index (χ3n) is 6.21. The summed E-state index contributed by atoms with van der Waals surface area (Å²) >= 11 is 0. The van der Waals surface area contributed by atoms with Gasteiger partial charge in [0.1, 0.15) is 0 Å². The first-order valence-corrected chi connectivity index (χ1v) is 7.91. The molecule has 1 aromatic carbocycles. The Hall–Kier alpha value is -1.91. The van der Waals surface area contributed by atoms with Crippen LogP contribution in [0, 0.1) is 27.4 Å². The number of benzene rings is 1. The summed E-state index contributed by atoms with van der Waals surface area (Å²) in [7, 11) is 0. The van der Waals surface area contributed by atoms with Crippen LogP contribution in [0.1, 0.15) is 44.1 Å². The first-order valence-electron chi connectivity index (χ1n) is 7.91. The van der Waals surface area contributed by atoms with Crippen LogP contribution in [0.3, 0.4) is 0 Å². The van der Waals surface area contributed by atoms with Crippen molar-refractivity contribution in [2.24, 2.45) is 17.3 Å². The molecule has 4 aliphatic carbocycles. The SMILES string of the molecule is O=C(O)C12C[C@H]3C[C@@H](C1)CC(c1ccc([N+](=O)[O-])cc1)(C3)C2. The van der Waals surface area contributed by atoms with E-state index >= 15 is 0 Å². The quantitative estimate of drug-likeness (QED) is 0.684. The Morgan fingerprint density at radius 1 is 1.14 bits per heavy atom. The van der Waals surface area contributed by atoms with Gasteiger partial charge in [-0.1, -0.05) is 12.1 Å². The van der Waals surface area contributed by atoms with E-state index in [1.165, 1.54) is 0 Å². The van der Waals surface area contributed by atoms with Gasteiger partial charge in [0.15, 0.2) is 0 Å². The van der Waals surface area contributed by atoms with E-state index in [4.69, 9.17) is 0 Å². The topological polar surface area (TPSA) is 80.4 Å². The molecule has 0 heterocycles. The fraction of sp³-hybridized carbons (Fsp3) is 0.588. The number of carbonyl (C=O) groups is 1. The predicted molar refractivity (Wildman–Crippen MR) is 79.5 cm³/mol.